The Balaban J connectivity index is 3.01. The number of hydrogen-bond donors (Lipinski definition) is 0. The summed E-state index contributed by atoms with van der Waals surface area (Å²) in [6, 6.07) is 0. The van der Waals surface area contributed by atoms with Gasteiger partial charge < -0.3 is 0 Å². The van der Waals surface area contributed by atoms with Crippen molar-refractivity contribution in [1.82, 2.24) is 0 Å². The van der Waals surface area contributed by atoms with Crippen LogP contribution < -0.4 is 0 Å². The molecule has 0 saturated carbocycles. The van der Waals surface area contributed by atoms with Gasteiger partial charge in [0.25, 0.3) is 0 Å². The van der Waals surface area contributed by atoms with E-state index in [2.05, 4.69) is 16.6 Å². The lowest BCUT2D eigenvalue weighted by Crippen LogP contribution is -1.97. The molecule has 0 aliphatic rings. The van der Waals surface area contributed by atoms with Gasteiger partial charge in [-0.3, -0.25) is 4.57 Å². The van der Waals surface area contributed by atoms with E-state index in [0.29, 0.717) is 6.61 Å². The Bertz CT molecular complexity index is 265. The number of hydrogen-bond acceptors (Lipinski definition) is 4. The first-order valence-electron chi connectivity index (χ1n) is 9.09. The summed E-state index contributed by atoms with van der Waals surface area (Å²) in [6.45, 7) is 5.74. The van der Waals surface area contributed by atoms with E-state index in [1.807, 2.05) is 0 Å². The minimum absolute atomic E-state index is 0.498. The fourth-order valence-electron chi connectivity index (χ4n) is 2.31. The molecule has 0 bridgehead atoms. The fraction of sp³-hybridized carbons (Fsp3) is 1.00. The lowest BCUT2D eigenvalue weighted by atomic mass is 10.0. The first-order chi connectivity index (χ1) is 10.6. The molecule has 0 radical (unpaired) electrons. The Morgan fingerprint density at radius 1 is 0.682 bits per heavy atom. The van der Waals surface area contributed by atoms with E-state index in [9.17, 15) is 4.57 Å². The average molecular weight is 336 g/mol. The van der Waals surface area contributed by atoms with Crippen LogP contribution >= 0.6 is 7.37 Å². The predicted molar refractivity (Wildman–Crippen MR) is 93.3 cm³/mol. The SMILES string of the molecule is CCCCCCCCCCCCCCCOOOP(C)(C)=O. The Morgan fingerprint density at radius 3 is 1.50 bits per heavy atom. The predicted octanol–water partition coefficient (Wildman–Crippen LogP) is 6.50. The molecular weight excluding hydrogens is 299 g/mol. The Kier molecular flexibility index (Phi) is 16.1. The van der Waals surface area contributed by atoms with Crippen molar-refractivity contribution < 1.29 is 19.2 Å². The third-order valence-electron chi connectivity index (χ3n) is 3.59. The third kappa shape index (κ3) is 20.1. The Hall–Kier alpha value is 0.110. The van der Waals surface area contributed by atoms with Crippen LogP contribution in [0.25, 0.3) is 0 Å². The Labute approximate surface area is 137 Å². The maximum atomic E-state index is 11.1. The highest BCUT2D eigenvalue weighted by molar-refractivity contribution is 7.57. The van der Waals surface area contributed by atoms with Gasteiger partial charge in [0.1, 0.15) is 0 Å². The van der Waals surface area contributed by atoms with Crippen LogP contribution in [-0.4, -0.2) is 19.9 Å². The van der Waals surface area contributed by atoms with E-state index in [1.54, 1.807) is 0 Å². The van der Waals surface area contributed by atoms with Gasteiger partial charge in [0, 0.05) is 13.3 Å². The summed E-state index contributed by atoms with van der Waals surface area (Å²) < 4.78 is 15.7. The standard InChI is InChI=1S/C17H37O4P/c1-4-5-6-7-8-9-10-11-12-13-14-15-16-17-19-20-21-22(2,3)18/h4-17H2,1-3H3. The van der Waals surface area contributed by atoms with Crippen molar-refractivity contribution in [2.45, 2.75) is 90.4 Å². The third-order valence-corrected chi connectivity index (χ3v) is 4.01. The summed E-state index contributed by atoms with van der Waals surface area (Å²) in [5, 5.41) is 4.44. The van der Waals surface area contributed by atoms with Crippen LogP contribution in [0, 0.1) is 0 Å². The van der Waals surface area contributed by atoms with Crippen molar-refractivity contribution in [2.75, 3.05) is 19.9 Å². The summed E-state index contributed by atoms with van der Waals surface area (Å²) in [5.41, 5.74) is 0. The molecule has 0 aromatic heterocycles. The monoisotopic (exact) mass is 336 g/mol. The van der Waals surface area contributed by atoms with Gasteiger partial charge in [-0.15, -0.1) is 4.67 Å². The molecule has 0 amide bonds. The molecule has 22 heavy (non-hydrogen) atoms. The second kappa shape index (κ2) is 16.0. The van der Waals surface area contributed by atoms with Crippen LogP contribution in [0.2, 0.25) is 0 Å². The van der Waals surface area contributed by atoms with Crippen LogP contribution in [-0.2, 0) is 19.2 Å². The molecule has 0 spiro atoms. The largest absolute Gasteiger partial charge is 0.291 e. The Morgan fingerprint density at radius 2 is 1.09 bits per heavy atom. The van der Waals surface area contributed by atoms with E-state index in [0.717, 1.165) is 12.8 Å². The van der Waals surface area contributed by atoms with E-state index in [1.165, 1.54) is 84.0 Å². The van der Waals surface area contributed by atoms with E-state index >= 15 is 0 Å². The quantitative estimate of drug-likeness (QED) is 0.132. The number of unbranched alkanes of at least 4 members (excludes halogenated alkanes) is 12. The van der Waals surface area contributed by atoms with Gasteiger partial charge in [0.2, 0.25) is 7.37 Å². The van der Waals surface area contributed by atoms with Crippen molar-refractivity contribution in [3.8, 4) is 0 Å². The van der Waals surface area contributed by atoms with Gasteiger partial charge in [0.05, 0.1) is 6.61 Å². The summed E-state index contributed by atoms with van der Waals surface area (Å²) >= 11 is 0. The van der Waals surface area contributed by atoms with Crippen molar-refractivity contribution in [2.24, 2.45) is 0 Å². The van der Waals surface area contributed by atoms with Gasteiger partial charge in [-0.2, -0.15) is 0 Å². The molecule has 134 valence electrons. The summed E-state index contributed by atoms with van der Waals surface area (Å²) in [6.07, 6.45) is 17.2. The minimum Gasteiger partial charge on any atom is -0.291 e. The first kappa shape index (κ1) is 22.1. The van der Waals surface area contributed by atoms with E-state index in [-0.39, 0.29) is 0 Å². The first-order valence-corrected chi connectivity index (χ1v) is 11.6. The second-order valence-electron chi connectivity index (χ2n) is 6.46. The summed E-state index contributed by atoms with van der Waals surface area (Å²) in [7, 11) is -2.60. The fourth-order valence-corrected chi connectivity index (χ4v) is 2.50. The molecule has 0 aromatic carbocycles. The van der Waals surface area contributed by atoms with Crippen LogP contribution in [0.5, 0.6) is 0 Å². The molecule has 0 unspecified atom stereocenters. The molecule has 0 aromatic rings. The topological polar surface area (TPSA) is 44.8 Å². The lowest BCUT2D eigenvalue weighted by Gasteiger charge is -2.06. The van der Waals surface area contributed by atoms with Gasteiger partial charge >= 0.3 is 0 Å². The normalized spacial score (nSPS) is 12.0. The zero-order chi connectivity index (χ0) is 16.5. The zero-order valence-corrected chi connectivity index (χ0v) is 15.9. The van der Waals surface area contributed by atoms with Gasteiger partial charge in [-0.25, -0.2) is 4.89 Å². The van der Waals surface area contributed by atoms with Gasteiger partial charge in [0.15, 0.2) is 0 Å². The summed E-state index contributed by atoms with van der Waals surface area (Å²) in [4.78, 5) is 4.82. The van der Waals surface area contributed by atoms with Crippen molar-refractivity contribution in [3.05, 3.63) is 0 Å². The molecule has 0 aliphatic heterocycles. The molecule has 0 aliphatic carbocycles. The molecule has 5 heteroatoms. The van der Waals surface area contributed by atoms with E-state index in [4.69, 9.17) is 4.89 Å². The van der Waals surface area contributed by atoms with Crippen LogP contribution in [0.4, 0.5) is 0 Å². The maximum absolute atomic E-state index is 11.1. The van der Waals surface area contributed by atoms with Crippen molar-refractivity contribution in [3.63, 3.8) is 0 Å². The highest BCUT2D eigenvalue weighted by atomic mass is 31.2. The molecule has 0 heterocycles. The van der Waals surface area contributed by atoms with Crippen molar-refractivity contribution in [1.29, 1.82) is 0 Å². The average Bonchev–Trinajstić information content (AvgIpc) is 2.45. The molecular formula is C17H37O4P. The molecule has 0 N–H and O–H groups in total. The minimum atomic E-state index is -2.60. The van der Waals surface area contributed by atoms with Gasteiger partial charge in [-0.05, 0) is 6.42 Å². The second-order valence-corrected chi connectivity index (χ2v) is 9.11. The zero-order valence-electron chi connectivity index (χ0n) is 15.0. The number of rotatable bonds is 17. The molecule has 4 nitrogen and oxygen atoms in total. The van der Waals surface area contributed by atoms with Crippen LogP contribution in [0.15, 0.2) is 0 Å². The molecule has 0 fully saturated rings. The smallest absolute Gasteiger partial charge is 0.233 e. The summed E-state index contributed by atoms with van der Waals surface area (Å²) in [5.74, 6) is 0. The lowest BCUT2D eigenvalue weighted by molar-refractivity contribution is -0.466. The highest BCUT2D eigenvalue weighted by Crippen LogP contribution is 2.37. The molecule has 0 rings (SSSR count). The highest BCUT2D eigenvalue weighted by Gasteiger charge is 2.08. The molecule has 0 saturated heterocycles. The van der Waals surface area contributed by atoms with Crippen LogP contribution in [0.1, 0.15) is 90.4 Å². The molecule has 0 atom stereocenters. The van der Waals surface area contributed by atoms with E-state index < -0.39 is 7.37 Å². The van der Waals surface area contributed by atoms with Crippen molar-refractivity contribution >= 4 is 7.37 Å². The van der Waals surface area contributed by atoms with Gasteiger partial charge in [-0.1, -0.05) is 89.0 Å². The van der Waals surface area contributed by atoms with Crippen LogP contribution in [0.3, 0.4) is 0 Å². The maximum Gasteiger partial charge on any atom is 0.233 e.